The van der Waals surface area contributed by atoms with E-state index in [-0.39, 0.29) is 6.04 Å². The minimum atomic E-state index is -0.345. The number of aromatic nitrogens is 3. The molecule has 4 aromatic rings. The van der Waals surface area contributed by atoms with Crippen LogP contribution in [-0.4, -0.2) is 15.2 Å². The maximum atomic E-state index is 6.28. The van der Waals surface area contributed by atoms with Gasteiger partial charge in [-0.05, 0) is 35.7 Å². The summed E-state index contributed by atoms with van der Waals surface area (Å²) < 4.78 is 5.73. The molecule has 0 spiro atoms. The predicted molar refractivity (Wildman–Crippen MR) is 104 cm³/mol. The van der Waals surface area contributed by atoms with Gasteiger partial charge in [0.15, 0.2) is 0 Å². The zero-order valence-electron chi connectivity index (χ0n) is 13.9. The number of para-hydroxylation sites is 1. The number of aromatic amines is 1. The van der Waals surface area contributed by atoms with E-state index in [4.69, 9.17) is 21.8 Å². The van der Waals surface area contributed by atoms with Crippen LogP contribution in [0, 0.1) is 0 Å². The van der Waals surface area contributed by atoms with Crippen molar-refractivity contribution in [1.29, 1.82) is 0 Å². The van der Waals surface area contributed by atoms with Crippen molar-refractivity contribution in [3.63, 3.8) is 0 Å². The number of hydrogen-bond donors (Lipinski definition) is 2. The molecule has 2 aromatic heterocycles. The smallest absolute Gasteiger partial charge is 0.276 e. The van der Waals surface area contributed by atoms with Crippen LogP contribution in [0.1, 0.15) is 23.1 Å². The highest BCUT2D eigenvalue weighted by Gasteiger charge is 2.17. The fourth-order valence-corrected chi connectivity index (χ4v) is 3.75. The van der Waals surface area contributed by atoms with Crippen molar-refractivity contribution >= 4 is 34.3 Å². The zero-order chi connectivity index (χ0) is 17.9. The van der Waals surface area contributed by atoms with Crippen molar-refractivity contribution in [2.24, 2.45) is 5.73 Å². The highest BCUT2D eigenvalue weighted by Crippen LogP contribution is 2.26. The molecule has 0 amide bonds. The molecular formula is C19H17ClN4OS. The van der Waals surface area contributed by atoms with Gasteiger partial charge >= 0.3 is 0 Å². The second kappa shape index (κ2) is 7.53. The maximum absolute atomic E-state index is 6.28. The summed E-state index contributed by atoms with van der Waals surface area (Å²) in [4.78, 5) is 3.26. The van der Waals surface area contributed by atoms with Gasteiger partial charge in [-0.25, -0.2) is 0 Å². The van der Waals surface area contributed by atoms with Gasteiger partial charge in [0.05, 0.1) is 6.04 Å². The van der Waals surface area contributed by atoms with Crippen molar-refractivity contribution in [2.75, 3.05) is 0 Å². The van der Waals surface area contributed by atoms with Gasteiger partial charge in [-0.1, -0.05) is 53.7 Å². The number of nitrogens with zero attached hydrogens (tertiary/aromatic N) is 2. The molecule has 132 valence electrons. The summed E-state index contributed by atoms with van der Waals surface area (Å²) in [5.41, 5.74) is 9.62. The van der Waals surface area contributed by atoms with E-state index >= 15 is 0 Å². The number of fused-ring (bicyclic) bond motifs is 1. The molecule has 0 saturated heterocycles. The van der Waals surface area contributed by atoms with Gasteiger partial charge in [0.1, 0.15) is 0 Å². The fraction of sp³-hybridized carbons (Fsp3) is 0.158. The van der Waals surface area contributed by atoms with Crippen LogP contribution in [0.25, 0.3) is 10.9 Å². The quantitative estimate of drug-likeness (QED) is 0.469. The molecule has 0 bridgehead atoms. The van der Waals surface area contributed by atoms with Gasteiger partial charge < -0.3 is 15.1 Å². The Hall–Kier alpha value is -2.28. The monoisotopic (exact) mass is 384 g/mol. The van der Waals surface area contributed by atoms with Crippen molar-refractivity contribution < 1.29 is 4.42 Å². The second-order valence-corrected chi connectivity index (χ2v) is 7.36. The summed E-state index contributed by atoms with van der Waals surface area (Å²) in [5.74, 6) is 1.16. The first-order valence-electron chi connectivity index (χ1n) is 8.20. The summed E-state index contributed by atoms with van der Waals surface area (Å²) in [6, 6.07) is 15.5. The highest BCUT2D eigenvalue weighted by atomic mass is 35.5. The maximum Gasteiger partial charge on any atom is 0.276 e. The Morgan fingerprint density at radius 3 is 2.92 bits per heavy atom. The van der Waals surface area contributed by atoms with E-state index < -0.39 is 0 Å². The number of hydrogen-bond acceptors (Lipinski definition) is 5. The molecule has 0 radical (unpaired) electrons. The zero-order valence-corrected chi connectivity index (χ0v) is 15.4. The molecular weight excluding hydrogens is 368 g/mol. The first-order valence-corrected chi connectivity index (χ1v) is 9.56. The summed E-state index contributed by atoms with van der Waals surface area (Å²) in [6.45, 7) is 0. The topological polar surface area (TPSA) is 80.7 Å². The predicted octanol–water partition coefficient (Wildman–Crippen LogP) is 4.74. The van der Waals surface area contributed by atoms with E-state index in [0.29, 0.717) is 23.3 Å². The highest BCUT2D eigenvalue weighted by molar-refractivity contribution is 7.98. The van der Waals surface area contributed by atoms with Gasteiger partial charge in [-0.3, -0.25) is 0 Å². The Bertz CT molecular complexity index is 1030. The molecule has 4 rings (SSSR count). The molecule has 5 nitrogen and oxygen atoms in total. The SMILES string of the molecule is N[C@@H](Cc1c[nH]c2ccccc12)c1nnc(SCc2cccc(Cl)c2)o1. The molecule has 0 unspecified atom stereocenters. The summed E-state index contributed by atoms with van der Waals surface area (Å²) in [7, 11) is 0. The number of nitrogens with two attached hydrogens (primary N) is 1. The third kappa shape index (κ3) is 3.77. The van der Waals surface area contributed by atoms with Crippen LogP contribution >= 0.6 is 23.4 Å². The summed E-state index contributed by atoms with van der Waals surface area (Å²) >= 11 is 7.47. The number of thioether (sulfide) groups is 1. The van der Waals surface area contributed by atoms with E-state index in [9.17, 15) is 0 Å². The van der Waals surface area contributed by atoms with Crippen molar-refractivity contribution in [1.82, 2.24) is 15.2 Å². The lowest BCUT2D eigenvalue weighted by Gasteiger charge is -2.05. The number of benzene rings is 2. The first kappa shape index (κ1) is 17.1. The molecule has 0 aliphatic rings. The molecule has 2 aromatic carbocycles. The van der Waals surface area contributed by atoms with Crippen LogP contribution in [0.4, 0.5) is 0 Å². The lowest BCUT2D eigenvalue weighted by Crippen LogP contribution is -2.13. The van der Waals surface area contributed by atoms with Crippen molar-refractivity contribution in [2.45, 2.75) is 23.4 Å². The molecule has 2 heterocycles. The lowest BCUT2D eigenvalue weighted by molar-refractivity contribution is 0.385. The van der Waals surface area contributed by atoms with E-state index in [2.05, 4.69) is 21.2 Å². The number of rotatable bonds is 6. The lowest BCUT2D eigenvalue weighted by atomic mass is 10.1. The minimum absolute atomic E-state index is 0.345. The van der Waals surface area contributed by atoms with E-state index in [1.807, 2.05) is 48.7 Å². The standard InChI is InChI=1S/C19H17ClN4OS/c20-14-5-3-4-12(8-14)11-26-19-24-23-18(25-19)16(21)9-13-10-22-17-7-2-1-6-15(13)17/h1-8,10,16,22H,9,11,21H2/t16-/m0/s1. The summed E-state index contributed by atoms with van der Waals surface area (Å²) in [6.07, 6.45) is 2.61. The van der Waals surface area contributed by atoms with Gasteiger partial charge in [-0.2, -0.15) is 0 Å². The Morgan fingerprint density at radius 1 is 1.15 bits per heavy atom. The number of halogens is 1. The Kier molecular flexibility index (Phi) is 4.97. The molecule has 3 N–H and O–H groups in total. The second-order valence-electron chi connectivity index (χ2n) is 5.99. The average molecular weight is 385 g/mol. The Morgan fingerprint density at radius 2 is 2.04 bits per heavy atom. The van der Waals surface area contributed by atoms with Gasteiger partial charge in [0.25, 0.3) is 5.22 Å². The van der Waals surface area contributed by atoms with E-state index in [1.165, 1.54) is 11.8 Å². The van der Waals surface area contributed by atoms with Crippen LogP contribution in [0.15, 0.2) is 64.4 Å². The molecule has 0 fully saturated rings. The van der Waals surface area contributed by atoms with Crippen molar-refractivity contribution in [3.05, 3.63) is 76.8 Å². The normalized spacial score (nSPS) is 12.5. The van der Waals surface area contributed by atoms with E-state index in [0.717, 1.165) is 27.1 Å². The molecule has 7 heteroatoms. The van der Waals surface area contributed by atoms with Gasteiger partial charge in [-0.15, -0.1) is 10.2 Å². The third-order valence-electron chi connectivity index (χ3n) is 4.11. The van der Waals surface area contributed by atoms with Gasteiger partial charge in [0, 0.05) is 27.9 Å². The Labute approximate surface area is 159 Å². The molecule has 26 heavy (non-hydrogen) atoms. The van der Waals surface area contributed by atoms with Crippen LogP contribution < -0.4 is 5.73 Å². The summed E-state index contributed by atoms with van der Waals surface area (Å²) in [5, 5.41) is 10.6. The van der Waals surface area contributed by atoms with Crippen LogP contribution in [-0.2, 0) is 12.2 Å². The van der Waals surface area contributed by atoms with E-state index in [1.54, 1.807) is 0 Å². The Balaban J connectivity index is 1.42. The molecule has 0 aliphatic carbocycles. The first-order chi connectivity index (χ1) is 12.7. The average Bonchev–Trinajstić information content (AvgIpc) is 3.28. The van der Waals surface area contributed by atoms with Crippen molar-refractivity contribution in [3.8, 4) is 0 Å². The third-order valence-corrected chi connectivity index (χ3v) is 5.23. The number of nitrogens with one attached hydrogen (secondary N) is 1. The van der Waals surface area contributed by atoms with Crippen LogP contribution in [0.3, 0.4) is 0 Å². The molecule has 1 atom stereocenters. The number of H-pyrrole nitrogens is 1. The van der Waals surface area contributed by atoms with Gasteiger partial charge in [0.2, 0.25) is 5.89 Å². The van der Waals surface area contributed by atoms with Crippen LogP contribution in [0.2, 0.25) is 5.02 Å². The molecule has 0 aliphatic heterocycles. The fourth-order valence-electron chi connectivity index (χ4n) is 2.83. The largest absolute Gasteiger partial charge is 0.414 e. The minimum Gasteiger partial charge on any atom is -0.414 e. The van der Waals surface area contributed by atoms with Crippen LogP contribution in [0.5, 0.6) is 0 Å². The molecule has 0 saturated carbocycles.